The van der Waals surface area contributed by atoms with Crippen molar-refractivity contribution in [3.8, 4) is 0 Å². The molecule has 1 aliphatic heterocycles. The van der Waals surface area contributed by atoms with E-state index in [9.17, 15) is 0 Å². The molecule has 0 saturated carbocycles. The van der Waals surface area contributed by atoms with Gasteiger partial charge in [-0.05, 0) is 0 Å². The number of hydrogen-bond acceptors (Lipinski definition) is 3. The van der Waals surface area contributed by atoms with Crippen LogP contribution in [0, 0.1) is 5.41 Å². The van der Waals surface area contributed by atoms with Gasteiger partial charge < -0.3 is 4.74 Å². The van der Waals surface area contributed by atoms with E-state index < -0.39 is 0 Å². The van der Waals surface area contributed by atoms with Crippen molar-refractivity contribution in [1.82, 2.24) is 5.43 Å². The summed E-state index contributed by atoms with van der Waals surface area (Å²) in [4.78, 5) is 0. The van der Waals surface area contributed by atoms with Gasteiger partial charge in [-0.3, -0.25) is 5.43 Å². The molecule has 0 bridgehead atoms. The molecule has 3 nitrogen and oxygen atoms in total. The quantitative estimate of drug-likeness (QED) is 0.526. The minimum atomic E-state index is 0.0394. The predicted octanol–water partition coefficient (Wildman–Crippen LogP) is 0.922. The summed E-state index contributed by atoms with van der Waals surface area (Å²) < 4.78 is 5.11. The van der Waals surface area contributed by atoms with Gasteiger partial charge in [-0.1, -0.05) is 20.8 Å². The summed E-state index contributed by atoms with van der Waals surface area (Å²) in [6.45, 7) is 6.29. The Kier molecular flexibility index (Phi) is 1.35. The molecule has 0 spiro atoms. The molecule has 1 atom stereocenters. The first kappa shape index (κ1) is 6.39. The third-order valence-electron chi connectivity index (χ3n) is 1.23. The fraction of sp³-hybridized carbons (Fsp3) is 0.833. The van der Waals surface area contributed by atoms with Crippen molar-refractivity contribution >= 4 is 6.40 Å². The van der Waals surface area contributed by atoms with Crippen LogP contribution in [0.1, 0.15) is 20.8 Å². The summed E-state index contributed by atoms with van der Waals surface area (Å²) in [6.07, 6.45) is 1.48. The van der Waals surface area contributed by atoms with Crippen LogP contribution < -0.4 is 5.43 Å². The van der Waals surface area contributed by atoms with Crippen LogP contribution in [0.4, 0.5) is 0 Å². The van der Waals surface area contributed by atoms with Crippen LogP contribution in [0.3, 0.4) is 0 Å². The number of hydrazone groups is 1. The highest BCUT2D eigenvalue weighted by Gasteiger charge is 2.27. The number of nitrogens with zero attached hydrogens (tertiary/aromatic N) is 1. The molecular weight excluding hydrogens is 116 g/mol. The highest BCUT2D eigenvalue weighted by atomic mass is 16.5. The first-order valence-corrected chi connectivity index (χ1v) is 3.03. The van der Waals surface area contributed by atoms with Crippen LogP contribution in [0.5, 0.6) is 0 Å². The van der Waals surface area contributed by atoms with Crippen LogP contribution >= 0.6 is 0 Å². The molecule has 0 aromatic heterocycles. The van der Waals surface area contributed by atoms with Gasteiger partial charge in [0.2, 0.25) is 0 Å². The molecule has 0 aromatic rings. The van der Waals surface area contributed by atoms with Crippen LogP contribution in [-0.4, -0.2) is 12.6 Å². The normalized spacial score (nSPS) is 25.4. The average Bonchev–Trinajstić information content (AvgIpc) is 2.08. The van der Waals surface area contributed by atoms with E-state index in [1.807, 2.05) is 0 Å². The van der Waals surface area contributed by atoms with Crippen molar-refractivity contribution in [2.75, 3.05) is 0 Å². The lowest BCUT2D eigenvalue weighted by Gasteiger charge is -2.24. The summed E-state index contributed by atoms with van der Waals surface area (Å²) in [5.41, 5.74) is 2.97. The van der Waals surface area contributed by atoms with Gasteiger partial charge in [-0.25, -0.2) is 0 Å². The largest absolute Gasteiger partial charge is 0.457 e. The lowest BCUT2D eigenvalue weighted by Crippen LogP contribution is -2.35. The molecule has 1 aliphatic rings. The fourth-order valence-electron chi connectivity index (χ4n) is 0.618. The second-order valence-electron chi connectivity index (χ2n) is 3.25. The van der Waals surface area contributed by atoms with E-state index in [1.54, 1.807) is 0 Å². The molecule has 1 N–H and O–H groups in total. The van der Waals surface area contributed by atoms with E-state index in [4.69, 9.17) is 4.74 Å². The number of hydrogen-bond donors (Lipinski definition) is 1. The molecule has 52 valence electrons. The van der Waals surface area contributed by atoms with Crippen LogP contribution in [0.2, 0.25) is 0 Å². The Bertz CT molecular complexity index is 118. The number of ether oxygens (including phenoxy) is 1. The molecule has 0 aromatic carbocycles. The molecule has 0 saturated heterocycles. The molecule has 0 fully saturated rings. The van der Waals surface area contributed by atoms with E-state index in [2.05, 4.69) is 31.3 Å². The second-order valence-corrected chi connectivity index (χ2v) is 3.25. The number of rotatable bonds is 0. The maximum Gasteiger partial charge on any atom is 0.195 e. The Hall–Kier alpha value is -0.730. The van der Waals surface area contributed by atoms with Gasteiger partial charge in [0.15, 0.2) is 12.6 Å². The van der Waals surface area contributed by atoms with Crippen molar-refractivity contribution in [2.45, 2.75) is 27.0 Å². The summed E-state index contributed by atoms with van der Waals surface area (Å²) in [6, 6.07) is 0. The van der Waals surface area contributed by atoms with Gasteiger partial charge in [0, 0.05) is 5.41 Å². The predicted molar refractivity (Wildman–Crippen MR) is 36.0 cm³/mol. The summed E-state index contributed by atoms with van der Waals surface area (Å²) in [5.74, 6) is 0. The van der Waals surface area contributed by atoms with Crippen molar-refractivity contribution < 1.29 is 4.74 Å². The van der Waals surface area contributed by atoms with Gasteiger partial charge in [-0.2, -0.15) is 0 Å². The maximum atomic E-state index is 5.11. The third-order valence-corrected chi connectivity index (χ3v) is 1.23. The molecule has 3 heteroatoms. The second kappa shape index (κ2) is 1.90. The van der Waals surface area contributed by atoms with Crippen LogP contribution in [-0.2, 0) is 4.74 Å². The number of nitrogens with one attached hydrogen (secondary N) is 1. The first-order valence-electron chi connectivity index (χ1n) is 3.03. The molecule has 0 aliphatic carbocycles. The van der Waals surface area contributed by atoms with Crippen molar-refractivity contribution in [3.63, 3.8) is 0 Å². The molecule has 9 heavy (non-hydrogen) atoms. The van der Waals surface area contributed by atoms with E-state index in [-0.39, 0.29) is 11.6 Å². The van der Waals surface area contributed by atoms with Crippen LogP contribution in [0.25, 0.3) is 0 Å². The zero-order valence-electron chi connectivity index (χ0n) is 6.01. The monoisotopic (exact) mass is 128 g/mol. The van der Waals surface area contributed by atoms with Gasteiger partial charge in [-0.15, -0.1) is 5.10 Å². The van der Waals surface area contributed by atoms with Gasteiger partial charge in [0.05, 0.1) is 0 Å². The molecular formula is C6H12N2O. The Labute approximate surface area is 55.1 Å². The SMILES string of the molecule is CC(C)(C)C1NN=CO1. The maximum absolute atomic E-state index is 5.11. The minimum Gasteiger partial charge on any atom is -0.457 e. The van der Waals surface area contributed by atoms with Gasteiger partial charge >= 0.3 is 0 Å². The van der Waals surface area contributed by atoms with E-state index in [1.165, 1.54) is 6.40 Å². The van der Waals surface area contributed by atoms with E-state index in [0.717, 1.165) is 0 Å². The molecule has 1 unspecified atom stereocenters. The van der Waals surface area contributed by atoms with Crippen molar-refractivity contribution in [3.05, 3.63) is 0 Å². The zero-order valence-corrected chi connectivity index (χ0v) is 6.01. The van der Waals surface area contributed by atoms with Gasteiger partial charge in [0.25, 0.3) is 0 Å². The Morgan fingerprint density at radius 1 is 1.56 bits per heavy atom. The fourth-order valence-corrected chi connectivity index (χ4v) is 0.618. The zero-order chi connectivity index (χ0) is 6.91. The molecule has 1 heterocycles. The lowest BCUT2D eigenvalue weighted by atomic mass is 9.95. The van der Waals surface area contributed by atoms with Gasteiger partial charge in [0.1, 0.15) is 0 Å². The van der Waals surface area contributed by atoms with Crippen LogP contribution in [0.15, 0.2) is 5.10 Å². The summed E-state index contributed by atoms with van der Waals surface area (Å²) >= 11 is 0. The average molecular weight is 128 g/mol. The third kappa shape index (κ3) is 1.34. The van der Waals surface area contributed by atoms with Crippen molar-refractivity contribution in [1.29, 1.82) is 0 Å². The molecule has 0 amide bonds. The summed E-state index contributed by atoms with van der Waals surface area (Å²) in [5, 5.41) is 3.73. The molecule has 0 radical (unpaired) electrons. The summed E-state index contributed by atoms with van der Waals surface area (Å²) in [7, 11) is 0. The lowest BCUT2D eigenvalue weighted by molar-refractivity contribution is 0.0756. The highest BCUT2D eigenvalue weighted by molar-refractivity contribution is 5.47. The van der Waals surface area contributed by atoms with E-state index >= 15 is 0 Å². The highest BCUT2D eigenvalue weighted by Crippen LogP contribution is 2.20. The minimum absolute atomic E-state index is 0.0394. The smallest absolute Gasteiger partial charge is 0.195 e. The Balaban J connectivity index is 2.46. The standard InChI is InChI=1S/C6H12N2O/c1-6(2,3)5-8-7-4-9-5/h4-5,8H,1-3H3. The topological polar surface area (TPSA) is 33.6 Å². The molecule has 1 rings (SSSR count). The first-order chi connectivity index (χ1) is 4.11. The van der Waals surface area contributed by atoms with Crippen molar-refractivity contribution in [2.24, 2.45) is 10.5 Å². The Morgan fingerprint density at radius 2 is 2.22 bits per heavy atom. The van der Waals surface area contributed by atoms with E-state index in [0.29, 0.717) is 0 Å². The Morgan fingerprint density at radius 3 is 2.44 bits per heavy atom.